The molecule has 344 valence electrons. The molecular formula is C34H40F2N12O14P2. The average molecular weight is 941 g/mol. The number of halogens is 2. The number of alkyl halides is 2. The third kappa shape index (κ3) is 9.67. The van der Waals surface area contributed by atoms with Gasteiger partial charge in [-0.15, -0.1) is 0 Å². The Balaban J connectivity index is 1.24. The van der Waals surface area contributed by atoms with Gasteiger partial charge < -0.3 is 9.47 Å². The summed E-state index contributed by atoms with van der Waals surface area (Å²) in [5.41, 5.74) is -2.77. The van der Waals surface area contributed by atoms with Gasteiger partial charge in [-0.2, -0.15) is 20.5 Å². The van der Waals surface area contributed by atoms with E-state index in [1.807, 2.05) is 0 Å². The molecule has 26 nitrogen and oxygen atoms in total. The molecule has 3 aliphatic rings. The summed E-state index contributed by atoms with van der Waals surface area (Å²) in [7, 11) is -10.1. The van der Waals surface area contributed by atoms with E-state index >= 15 is 8.78 Å². The molecule has 2 amide bonds. The number of carbonyl (C=O) groups is 2. The van der Waals surface area contributed by atoms with Gasteiger partial charge in [-0.1, -0.05) is 27.7 Å². The quantitative estimate of drug-likeness (QED) is 0.117. The first-order chi connectivity index (χ1) is 30.4. The van der Waals surface area contributed by atoms with Crippen molar-refractivity contribution in [3.05, 3.63) is 33.4 Å². The molecule has 10 atom stereocenters. The molecule has 0 bridgehead atoms. The van der Waals surface area contributed by atoms with E-state index in [1.165, 1.54) is 0 Å². The van der Waals surface area contributed by atoms with Crippen LogP contribution in [0.3, 0.4) is 0 Å². The van der Waals surface area contributed by atoms with Gasteiger partial charge in [0.1, 0.15) is 24.4 Å². The topological polar surface area (TPSA) is 341 Å². The number of carbonyl (C=O) groups excluding carboxylic acids is 2. The number of amides is 2. The molecule has 3 saturated heterocycles. The molecule has 0 aliphatic carbocycles. The second-order valence-corrected chi connectivity index (χ2v) is 18.1. The lowest BCUT2D eigenvalue weighted by atomic mass is 10.1. The van der Waals surface area contributed by atoms with Crippen molar-refractivity contribution in [1.82, 2.24) is 39.0 Å². The predicted molar refractivity (Wildman–Crippen MR) is 210 cm³/mol. The number of phosphoric acid groups is 2. The summed E-state index contributed by atoms with van der Waals surface area (Å²) < 4.78 is 110. The fourth-order valence-corrected chi connectivity index (χ4v) is 9.23. The lowest BCUT2D eigenvalue weighted by molar-refractivity contribution is -0.119. The van der Waals surface area contributed by atoms with Crippen molar-refractivity contribution in [3.8, 4) is 12.1 Å². The fraction of sp³-hybridized carbons (Fsp3) is 0.588. The molecule has 4 N–H and O–H groups in total. The Morgan fingerprint density at radius 1 is 0.781 bits per heavy atom. The van der Waals surface area contributed by atoms with Gasteiger partial charge in [0.25, 0.3) is 11.1 Å². The van der Waals surface area contributed by atoms with E-state index in [0.29, 0.717) is 0 Å². The molecule has 3 fully saturated rings. The molecule has 3 aliphatic heterocycles. The van der Waals surface area contributed by atoms with Crippen LogP contribution in [0.1, 0.15) is 53.0 Å². The molecule has 4 aromatic heterocycles. The first-order valence-electron chi connectivity index (χ1n) is 19.5. The minimum absolute atomic E-state index is 0.275. The first-order valence-corrected chi connectivity index (χ1v) is 22.4. The highest BCUT2D eigenvalue weighted by Gasteiger charge is 2.56. The number of hydrogen-bond acceptors (Lipinski definition) is 20. The number of rotatable bonds is 12. The largest absolute Gasteiger partial charge is 0.475 e. The van der Waals surface area contributed by atoms with Gasteiger partial charge in [0.2, 0.25) is 23.7 Å². The Hall–Kier alpha value is -5.38. The molecule has 0 aromatic carbocycles. The molecule has 7 heterocycles. The van der Waals surface area contributed by atoms with Crippen LogP contribution >= 0.6 is 15.6 Å². The van der Waals surface area contributed by atoms with E-state index < -0.39 is 126 Å². The molecule has 64 heavy (non-hydrogen) atoms. The van der Waals surface area contributed by atoms with Crippen molar-refractivity contribution < 1.29 is 64.1 Å². The summed E-state index contributed by atoms with van der Waals surface area (Å²) in [5, 5.41) is 23.2. The van der Waals surface area contributed by atoms with Crippen LogP contribution in [0.5, 0.6) is 0 Å². The number of anilines is 2. The summed E-state index contributed by atoms with van der Waals surface area (Å²) in [6.07, 6.45) is -14.5. The Bertz CT molecular complexity index is 2530. The number of fused-ring (bicyclic) bond motifs is 4. The second kappa shape index (κ2) is 19.0. The summed E-state index contributed by atoms with van der Waals surface area (Å²) in [4.78, 5) is 71.8. The number of imidazole rings is 2. The molecule has 30 heteroatoms. The van der Waals surface area contributed by atoms with Gasteiger partial charge in [-0.3, -0.25) is 76.1 Å². The number of aromatic amines is 2. The van der Waals surface area contributed by atoms with Crippen molar-refractivity contribution in [2.24, 2.45) is 11.8 Å². The van der Waals surface area contributed by atoms with Gasteiger partial charge in [0.05, 0.1) is 64.1 Å². The van der Waals surface area contributed by atoms with Crippen LogP contribution in [0, 0.1) is 34.5 Å². The molecule has 0 spiro atoms. The van der Waals surface area contributed by atoms with E-state index in [1.54, 1.807) is 39.8 Å². The van der Waals surface area contributed by atoms with Crippen LogP contribution in [0.15, 0.2) is 22.2 Å². The smallest absolute Gasteiger partial charge is 0.346 e. The highest BCUT2D eigenvalue weighted by Crippen LogP contribution is 2.58. The van der Waals surface area contributed by atoms with Gasteiger partial charge in [0, 0.05) is 11.8 Å². The van der Waals surface area contributed by atoms with Crippen LogP contribution < -0.4 is 21.8 Å². The number of H-pyrrole nitrogens is 2. The van der Waals surface area contributed by atoms with Crippen molar-refractivity contribution in [2.75, 3.05) is 37.1 Å². The van der Waals surface area contributed by atoms with E-state index in [9.17, 15) is 38.8 Å². The second-order valence-electron chi connectivity index (χ2n) is 14.9. The zero-order chi connectivity index (χ0) is 46.1. The molecule has 0 saturated carbocycles. The SMILES string of the molecule is CC(C)C(=O)Nc1nc2c(ncn2C2OC3COP(=O)(OCCC#N)O[C@@H]4C(COP(=O)(OCCC#N)O[C@H]3[C@H]2F)OC(n2cnc3c(=O)[nH]c(NC(=O)C(C)C)nc32)[C@@H]4F)c(=O)[nH]1. The van der Waals surface area contributed by atoms with Crippen molar-refractivity contribution in [2.45, 2.75) is 89.8 Å². The number of nitriles is 2. The average Bonchev–Trinajstić information content (AvgIpc) is 4.00. The molecular weight excluding hydrogens is 900 g/mol. The number of nitrogens with zero attached hydrogens (tertiary/aromatic N) is 8. The van der Waals surface area contributed by atoms with Crippen LogP contribution in [0.2, 0.25) is 0 Å². The summed E-state index contributed by atoms with van der Waals surface area (Å²) in [5.74, 6) is -2.67. The summed E-state index contributed by atoms with van der Waals surface area (Å²) in [6.45, 7) is 3.27. The lowest BCUT2D eigenvalue weighted by Gasteiger charge is -2.30. The van der Waals surface area contributed by atoms with Crippen LogP contribution in [-0.2, 0) is 55.3 Å². The molecule has 0 radical (unpaired) electrons. The fourth-order valence-electron chi connectivity index (χ4n) is 6.45. The number of hydrogen-bond donors (Lipinski definition) is 4. The Kier molecular flexibility index (Phi) is 13.8. The van der Waals surface area contributed by atoms with Gasteiger partial charge in [-0.05, 0) is 0 Å². The van der Waals surface area contributed by atoms with Gasteiger partial charge in [-0.25, -0.2) is 27.9 Å². The monoisotopic (exact) mass is 940 g/mol. The van der Waals surface area contributed by atoms with Gasteiger partial charge in [0.15, 0.2) is 47.1 Å². The maximum atomic E-state index is 16.9. The lowest BCUT2D eigenvalue weighted by Crippen LogP contribution is -2.38. The van der Waals surface area contributed by atoms with E-state index in [0.717, 1.165) is 21.8 Å². The van der Waals surface area contributed by atoms with Gasteiger partial charge >= 0.3 is 15.6 Å². The van der Waals surface area contributed by atoms with Crippen molar-refractivity contribution >= 4 is 61.7 Å². The molecule has 4 aromatic rings. The zero-order valence-corrected chi connectivity index (χ0v) is 35.9. The summed E-state index contributed by atoms with van der Waals surface area (Å²) in [6, 6.07) is 3.56. The minimum Gasteiger partial charge on any atom is -0.346 e. The Morgan fingerprint density at radius 2 is 1.17 bits per heavy atom. The Labute approximate surface area is 359 Å². The van der Waals surface area contributed by atoms with E-state index in [-0.39, 0.29) is 47.1 Å². The molecule has 6 unspecified atom stereocenters. The van der Waals surface area contributed by atoms with Crippen molar-refractivity contribution in [1.29, 1.82) is 10.5 Å². The Morgan fingerprint density at radius 3 is 1.53 bits per heavy atom. The number of aromatic nitrogens is 8. The van der Waals surface area contributed by atoms with E-state index in [2.05, 4.69) is 40.5 Å². The zero-order valence-electron chi connectivity index (χ0n) is 34.1. The minimum atomic E-state index is -5.05. The maximum Gasteiger partial charge on any atom is 0.475 e. The third-order valence-corrected chi connectivity index (χ3v) is 12.6. The number of phosphoric ester groups is 2. The summed E-state index contributed by atoms with van der Waals surface area (Å²) >= 11 is 0. The molecule has 7 rings (SSSR count). The number of nitrogens with one attached hydrogen (secondary N) is 4. The highest BCUT2D eigenvalue weighted by atomic mass is 31.2. The third-order valence-electron chi connectivity index (χ3n) is 9.70. The van der Waals surface area contributed by atoms with Crippen molar-refractivity contribution in [3.63, 3.8) is 0 Å². The first kappa shape index (κ1) is 46.6. The standard InChI is InChI=1S/C34H40F2N12O14P2/c1-15(2)27(49)43-33-41-25-21(29(51)45-33)39-13-47(25)31-19(35)23-17(59-31)11-57-64(54,56-10-6-8-38)62-24-18(12-58-63(53,61-23)55-9-5-7-37)60-32(20(24)36)48-14-40-22-26(48)42-34(46-30(22)52)44-28(50)16(3)4/h13-20,23-24,31-32H,5-6,9-12H2,1-4H3,(H2,41,43,45,49,51)(H2,42,44,46,50,52)/t17?,18?,19-,20-,23-,24-,31?,32?,63?,64?/m1/s1. The predicted octanol–water partition coefficient (Wildman–Crippen LogP) is 2.81. The van der Waals surface area contributed by atoms with E-state index in [4.69, 9.17) is 36.6 Å². The number of ether oxygens (including phenoxy) is 2. The van der Waals surface area contributed by atoms with Crippen LogP contribution in [0.4, 0.5) is 20.7 Å². The highest BCUT2D eigenvalue weighted by molar-refractivity contribution is 7.48. The van der Waals surface area contributed by atoms with Crippen LogP contribution in [0.25, 0.3) is 22.3 Å². The maximum absolute atomic E-state index is 16.9. The van der Waals surface area contributed by atoms with Crippen LogP contribution in [-0.4, -0.2) is 114 Å². The normalized spacial score (nSPS) is 29.7.